The van der Waals surface area contributed by atoms with Crippen molar-refractivity contribution in [2.75, 3.05) is 13.2 Å². The summed E-state index contributed by atoms with van der Waals surface area (Å²) >= 11 is 0. The molecule has 0 fully saturated rings. The second-order valence-electron chi connectivity index (χ2n) is 18.5. The van der Waals surface area contributed by atoms with Crippen molar-refractivity contribution in [1.29, 1.82) is 0 Å². The van der Waals surface area contributed by atoms with Crippen molar-refractivity contribution in [2.24, 2.45) is 0 Å². The molecular weight excluding hydrogens is 793 g/mol. The lowest BCUT2D eigenvalue weighted by atomic mass is 10.0. The van der Waals surface area contributed by atoms with E-state index in [0.717, 1.165) is 96.3 Å². The van der Waals surface area contributed by atoms with E-state index in [1.165, 1.54) is 148 Å². The predicted octanol–water partition coefficient (Wildman–Crippen LogP) is 18.3. The Balaban J connectivity index is 4.21. The molecule has 0 radical (unpaired) electrons. The fourth-order valence-corrected chi connectivity index (χ4v) is 7.96. The number of esters is 3. The average Bonchev–Trinajstić information content (AvgIpc) is 3.29. The molecule has 64 heavy (non-hydrogen) atoms. The zero-order chi connectivity index (χ0) is 46.5. The van der Waals surface area contributed by atoms with Gasteiger partial charge in [-0.2, -0.15) is 0 Å². The molecule has 0 aliphatic rings. The van der Waals surface area contributed by atoms with E-state index in [4.69, 9.17) is 14.2 Å². The average molecular weight is 897 g/mol. The largest absolute Gasteiger partial charge is 0.462 e. The maximum Gasteiger partial charge on any atom is 0.306 e. The van der Waals surface area contributed by atoms with Gasteiger partial charge < -0.3 is 14.2 Å². The molecular formula is C58H104O6. The van der Waals surface area contributed by atoms with Crippen LogP contribution in [-0.2, 0) is 28.6 Å². The predicted molar refractivity (Wildman–Crippen MR) is 275 cm³/mol. The Bertz CT molecular complexity index is 1120. The lowest BCUT2D eigenvalue weighted by Crippen LogP contribution is -2.30. The zero-order valence-electron chi connectivity index (χ0n) is 42.6. The first-order valence-electron chi connectivity index (χ1n) is 27.6. The van der Waals surface area contributed by atoms with Gasteiger partial charge in [0.05, 0.1) is 0 Å². The van der Waals surface area contributed by atoms with Gasteiger partial charge in [0.1, 0.15) is 13.2 Å². The molecule has 0 amide bonds. The number of carbonyl (C=O) groups excluding carboxylic acids is 3. The summed E-state index contributed by atoms with van der Waals surface area (Å²) in [5, 5.41) is 0. The fraction of sp³-hybridized carbons (Fsp3) is 0.810. The van der Waals surface area contributed by atoms with Gasteiger partial charge in [-0.25, -0.2) is 0 Å². The standard InChI is InChI=1S/C58H104O6/c1-4-7-10-13-16-18-20-22-24-26-28-30-31-33-35-37-39-42-45-48-51-57(60)63-54-55(53-62-56(59)50-47-44-41-15-12-9-6-3)64-58(61)52-49-46-43-40-38-36-34-32-29-27-25-23-21-19-17-14-11-8-5-2/h8,11,17,19,23,25,29,32,55H,4-7,9-10,12-16,18,20-22,24,26-28,30-31,33-54H2,1-3H3/b11-8-,19-17-,25-23-,32-29-. The van der Waals surface area contributed by atoms with Crippen LogP contribution in [0.2, 0.25) is 0 Å². The molecule has 372 valence electrons. The number of rotatable bonds is 50. The minimum atomic E-state index is -0.775. The van der Waals surface area contributed by atoms with Crippen molar-refractivity contribution < 1.29 is 28.6 Å². The lowest BCUT2D eigenvalue weighted by molar-refractivity contribution is -0.167. The monoisotopic (exact) mass is 897 g/mol. The van der Waals surface area contributed by atoms with Gasteiger partial charge in [-0.1, -0.05) is 256 Å². The number of hydrogen-bond acceptors (Lipinski definition) is 6. The summed E-state index contributed by atoms with van der Waals surface area (Å²) < 4.78 is 16.8. The summed E-state index contributed by atoms with van der Waals surface area (Å²) in [4.78, 5) is 37.9. The van der Waals surface area contributed by atoms with Crippen LogP contribution in [0.1, 0.15) is 284 Å². The lowest BCUT2D eigenvalue weighted by Gasteiger charge is -2.18. The Kier molecular flexibility index (Phi) is 50.8. The quantitative estimate of drug-likeness (QED) is 0.0262. The summed E-state index contributed by atoms with van der Waals surface area (Å²) in [5.41, 5.74) is 0. The Labute approximate surface area is 397 Å². The van der Waals surface area contributed by atoms with E-state index in [0.29, 0.717) is 19.3 Å². The first-order chi connectivity index (χ1) is 31.5. The molecule has 0 aromatic heterocycles. The molecule has 0 saturated heterocycles. The molecule has 0 heterocycles. The number of hydrogen-bond donors (Lipinski definition) is 0. The van der Waals surface area contributed by atoms with Gasteiger partial charge in [-0.15, -0.1) is 0 Å². The van der Waals surface area contributed by atoms with Crippen LogP contribution in [0.4, 0.5) is 0 Å². The second kappa shape index (κ2) is 53.0. The van der Waals surface area contributed by atoms with Crippen LogP contribution in [0.5, 0.6) is 0 Å². The molecule has 6 nitrogen and oxygen atoms in total. The summed E-state index contributed by atoms with van der Waals surface area (Å²) in [6.45, 7) is 6.50. The minimum absolute atomic E-state index is 0.0756. The van der Waals surface area contributed by atoms with Crippen molar-refractivity contribution >= 4 is 17.9 Å². The van der Waals surface area contributed by atoms with E-state index < -0.39 is 6.10 Å². The van der Waals surface area contributed by atoms with Crippen LogP contribution >= 0.6 is 0 Å². The van der Waals surface area contributed by atoms with E-state index in [1.807, 2.05) is 0 Å². The highest BCUT2D eigenvalue weighted by molar-refractivity contribution is 5.71. The molecule has 0 aliphatic carbocycles. The molecule has 0 saturated carbocycles. The normalized spacial score (nSPS) is 12.4. The van der Waals surface area contributed by atoms with E-state index >= 15 is 0 Å². The summed E-state index contributed by atoms with van der Waals surface area (Å²) in [6.07, 6.45) is 64.1. The summed E-state index contributed by atoms with van der Waals surface area (Å²) in [5.74, 6) is -0.885. The third-order valence-electron chi connectivity index (χ3n) is 12.1. The number of unbranched alkanes of at least 4 members (excludes halogenated alkanes) is 31. The molecule has 0 N–H and O–H groups in total. The van der Waals surface area contributed by atoms with Crippen molar-refractivity contribution in [3.05, 3.63) is 48.6 Å². The van der Waals surface area contributed by atoms with Gasteiger partial charge in [-0.3, -0.25) is 14.4 Å². The second-order valence-corrected chi connectivity index (χ2v) is 18.5. The molecule has 1 atom stereocenters. The Morgan fingerprint density at radius 1 is 0.328 bits per heavy atom. The Morgan fingerprint density at radius 2 is 0.609 bits per heavy atom. The van der Waals surface area contributed by atoms with Crippen molar-refractivity contribution in [1.82, 2.24) is 0 Å². The SMILES string of the molecule is CC/C=C\C/C=C\C/C=C\C/C=C\CCCCCCCCC(=O)OC(COC(=O)CCCCCCCCC)COC(=O)CCCCCCCCCCCCCCCCCCCCCC. The van der Waals surface area contributed by atoms with Crippen LogP contribution < -0.4 is 0 Å². The molecule has 0 aliphatic heterocycles. The molecule has 0 spiro atoms. The number of allylic oxidation sites excluding steroid dienone is 8. The Morgan fingerprint density at radius 3 is 0.953 bits per heavy atom. The molecule has 1 unspecified atom stereocenters. The minimum Gasteiger partial charge on any atom is -0.462 e. The topological polar surface area (TPSA) is 78.9 Å². The van der Waals surface area contributed by atoms with Gasteiger partial charge in [-0.05, 0) is 57.8 Å². The van der Waals surface area contributed by atoms with Gasteiger partial charge in [0.25, 0.3) is 0 Å². The first-order valence-corrected chi connectivity index (χ1v) is 27.6. The summed E-state index contributed by atoms with van der Waals surface area (Å²) in [6, 6.07) is 0. The maximum atomic E-state index is 12.8. The first kappa shape index (κ1) is 61.4. The number of carbonyl (C=O) groups is 3. The molecule has 0 rings (SSSR count). The highest BCUT2D eigenvalue weighted by atomic mass is 16.6. The van der Waals surface area contributed by atoms with E-state index in [-0.39, 0.29) is 31.1 Å². The van der Waals surface area contributed by atoms with Crippen LogP contribution in [0.3, 0.4) is 0 Å². The molecule has 0 aromatic rings. The Hall–Kier alpha value is -2.63. The number of ether oxygens (including phenoxy) is 3. The van der Waals surface area contributed by atoms with Crippen molar-refractivity contribution in [2.45, 2.75) is 290 Å². The van der Waals surface area contributed by atoms with E-state index in [2.05, 4.69) is 69.4 Å². The van der Waals surface area contributed by atoms with Crippen LogP contribution in [0.25, 0.3) is 0 Å². The third kappa shape index (κ3) is 50.4. The molecule has 0 aromatic carbocycles. The highest BCUT2D eigenvalue weighted by Crippen LogP contribution is 2.16. The molecule has 6 heteroatoms. The van der Waals surface area contributed by atoms with Crippen LogP contribution in [0.15, 0.2) is 48.6 Å². The molecule has 0 bridgehead atoms. The van der Waals surface area contributed by atoms with Crippen LogP contribution in [-0.4, -0.2) is 37.2 Å². The highest BCUT2D eigenvalue weighted by Gasteiger charge is 2.19. The van der Waals surface area contributed by atoms with Crippen LogP contribution in [0, 0.1) is 0 Å². The van der Waals surface area contributed by atoms with Crippen molar-refractivity contribution in [3.8, 4) is 0 Å². The van der Waals surface area contributed by atoms with Gasteiger partial charge in [0, 0.05) is 19.3 Å². The van der Waals surface area contributed by atoms with Gasteiger partial charge >= 0.3 is 17.9 Å². The van der Waals surface area contributed by atoms with Gasteiger partial charge in [0.15, 0.2) is 6.10 Å². The summed E-state index contributed by atoms with van der Waals surface area (Å²) in [7, 11) is 0. The third-order valence-corrected chi connectivity index (χ3v) is 12.1. The maximum absolute atomic E-state index is 12.8. The smallest absolute Gasteiger partial charge is 0.306 e. The van der Waals surface area contributed by atoms with E-state index in [1.54, 1.807) is 0 Å². The van der Waals surface area contributed by atoms with E-state index in [9.17, 15) is 14.4 Å². The zero-order valence-corrected chi connectivity index (χ0v) is 42.6. The van der Waals surface area contributed by atoms with Crippen molar-refractivity contribution in [3.63, 3.8) is 0 Å². The van der Waals surface area contributed by atoms with Gasteiger partial charge in [0.2, 0.25) is 0 Å². The fourth-order valence-electron chi connectivity index (χ4n) is 7.96.